The number of piperidine rings is 1. The van der Waals surface area contributed by atoms with Crippen molar-refractivity contribution in [2.24, 2.45) is 0 Å². The van der Waals surface area contributed by atoms with Gasteiger partial charge in [0.15, 0.2) is 5.82 Å². The lowest BCUT2D eigenvalue weighted by Crippen LogP contribution is -2.52. The predicted molar refractivity (Wildman–Crippen MR) is 132 cm³/mol. The second kappa shape index (κ2) is 8.94. The van der Waals surface area contributed by atoms with Crippen molar-refractivity contribution in [2.45, 2.75) is 44.8 Å². The molecule has 0 bridgehead atoms. The van der Waals surface area contributed by atoms with Crippen LogP contribution in [0.5, 0.6) is 0 Å². The lowest BCUT2D eigenvalue weighted by molar-refractivity contribution is -0.136. The van der Waals surface area contributed by atoms with Crippen molar-refractivity contribution >= 4 is 51.0 Å². The molecule has 3 heterocycles. The van der Waals surface area contributed by atoms with Crippen molar-refractivity contribution in [1.29, 1.82) is 5.26 Å². The number of halogens is 1. The molecule has 1 fully saturated rings. The number of fused-ring (bicyclic) bond motifs is 2. The maximum Gasteiger partial charge on any atom is 0.320 e. The van der Waals surface area contributed by atoms with Crippen molar-refractivity contribution < 1.29 is 23.6 Å². The van der Waals surface area contributed by atoms with Gasteiger partial charge in [-0.3, -0.25) is 19.7 Å². The highest BCUT2D eigenvalue weighted by Crippen LogP contribution is 2.34. The Bertz CT molecular complexity index is 1540. The summed E-state index contributed by atoms with van der Waals surface area (Å²) in [5.74, 6) is -2.27. The summed E-state index contributed by atoms with van der Waals surface area (Å²) in [7, 11) is 0. The first kappa shape index (κ1) is 24.3. The van der Waals surface area contributed by atoms with E-state index in [9.17, 15) is 24.4 Å². The number of imide groups is 1. The minimum Gasteiger partial charge on any atom is -0.326 e. The minimum atomic E-state index is -0.938. The molecule has 1 atom stereocenters. The normalized spacial score (nSPS) is 17.4. The van der Waals surface area contributed by atoms with E-state index in [0.717, 1.165) is 4.70 Å². The number of aromatic nitrogens is 1. The molecule has 5 rings (SSSR count). The van der Waals surface area contributed by atoms with Crippen LogP contribution < -0.4 is 16.0 Å². The van der Waals surface area contributed by atoms with Crippen LogP contribution >= 0.6 is 11.3 Å². The van der Waals surface area contributed by atoms with Crippen LogP contribution in [0.3, 0.4) is 0 Å². The fourth-order valence-electron chi connectivity index (χ4n) is 4.50. The molecule has 0 spiro atoms. The van der Waals surface area contributed by atoms with Gasteiger partial charge >= 0.3 is 6.03 Å². The van der Waals surface area contributed by atoms with Gasteiger partial charge < -0.3 is 15.5 Å². The van der Waals surface area contributed by atoms with E-state index in [0.29, 0.717) is 16.1 Å². The number of hydrogen-bond donors (Lipinski definition) is 3. The largest absolute Gasteiger partial charge is 0.326 e. The Labute approximate surface area is 214 Å². The summed E-state index contributed by atoms with van der Waals surface area (Å²) in [5.41, 5.74) is 0.0995. The number of nitrogens with zero attached hydrogens (tertiary/aromatic N) is 3. The summed E-state index contributed by atoms with van der Waals surface area (Å²) < 4.78 is 16.2. The van der Waals surface area contributed by atoms with E-state index in [1.165, 1.54) is 28.4 Å². The summed E-state index contributed by atoms with van der Waals surface area (Å²) in [5, 5.41) is 17.4. The molecule has 2 aliphatic heterocycles. The summed E-state index contributed by atoms with van der Waals surface area (Å²) in [6.45, 7) is 3.33. The van der Waals surface area contributed by atoms with Crippen LogP contribution in [0, 0.1) is 17.1 Å². The third-order valence-electron chi connectivity index (χ3n) is 6.40. The third-order valence-corrected chi connectivity index (χ3v) is 7.74. The maximum atomic E-state index is 15.4. The van der Waals surface area contributed by atoms with Crippen molar-refractivity contribution in [3.8, 4) is 6.07 Å². The highest BCUT2D eigenvalue weighted by molar-refractivity contribution is 7.18. The number of urea groups is 1. The van der Waals surface area contributed by atoms with Crippen LogP contribution in [0.15, 0.2) is 30.3 Å². The molecule has 5 amide bonds. The number of rotatable bonds is 4. The van der Waals surface area contributed by atoms with Gasteiger partial charge in [0.2, 0.25) is 11.8 Å². The van der Waals surface area contributed by atoms with E-state index in [-0.39, 0.29) is 36.2 Å². The first-order valence-electron chi connectivity index (χ1n) is 11.4. The topological polar surface area (TPSA) is 144 Å². The molecular weight excluding hydrogens is 499 g/mol. The molecule has 1 aromatic heterocycles. The predicted octanol–water partition coefficient (Wildman–Crippen LogP) is 3.12. The van der Waals surface area contributed by atoms with E-state index in [4.69, 9.17) is 0 Å². The minimum absolute atomic E-state index is 0.0713. The second-order valence-electron chi connectivity index (χ2n) is 9.34. The van der Waals surface area contributed by atoms with Crippen molar-refractivity contribution in [3.05, 3.63) is 57.8 Å². The molecule has 12 heteroatoms. The van der Waals surface area contributed by atoms with Gasteiger partial charge in [-0.2, -0.15) is 5.26 Å². The Morgan fingerprint density at radius 3 is 2.78 bits per heavy atom. The van der Waals surface area contributed by atoms with Crippen LogP contribution in [-0.2, 0) is 21.7 Å². The van der Waals surface area contributed by atoms with Gasteiger partial charge in [0.25, 0.3) is 5.91 Å². The molecule has 0 saturated carbocycles. The van der Waals surface area contributed by atoms with Crippen LogP contribution in [0.4, 0.5) is 14.9 Å². The number of nitriles is 1. The van der Waals surface area contributed by atoms with Crippen molar-refractivity contribution in [1.82, 2.24) is 20.5 Å². The average Bonchev–Trinajstić information content (AvgIpc) is 3.43. The number of amides is 5. The van der Waals surface area contributed by atoms with Crippen molar-refractivity contribution in [3.63, 3.8) is 0 Å². The van der Waals surface area contributed by atoms with Gasteiger partial charge in [-0.25, -0.2) is 14.2 Å². The number of hydrogen-bond acceptors (Lipinski definition) is 7. The number of anilines is 1. The average molecular weight is 521 g/mol. The van der Waals surface area contributed by atoms with Crippen molar-refractivity contribution in [2.75, 3.05) is 5.32 Å². The monoisotopic (exact) mass is 520 g/mol. The number of carbonyl (C=O) groups excluding carboxylic acids is 4. The molecule has 2 aliphatic rings. The first-order valence-corrected chi connectivity index (χ1v) is 12.3. The first-order chi connectivity index (χ1) is 17.6. The highest BCUT2D eigenvalue weighted by Gasteiger charge is 2.40. The highest BCUT2D eigenvalue weighted by atomic mass is 32.1. The molecular formula is C25H21FN6O4S. The number of thiazole rings is 1. The quantitative estimate of drug-likeness (QED) is 0.451. The lowest BCUT2D eigenvalue weighted by atomic mass is 10.0. The van der Waals surface area contributed by atoms with E-state index >= 15 is 4.39 Å². The third kappa shape index (κ3) is 4.27. The fraction of sp³-hybridized carbons (Fsp3) is 0.280. The Kier molecular flexibility index (Phi) is 5.88. The van der Waals surface area contributed by atoms with Crippen LogP contribution in [0.1, 0.15) is 53.2 Å². The van der Waals surface area contributed by atoms with Gasteiger partial charge in [-0.15, -0.1) is 11.3 Å². The zero-order valence-electron chi connectivity index (χ0n) is 19.8. The molecule has 1 unspecified atom stereocenters. The van der Waals surface area contributed by atoms with Gasteiger partial charge in [0.1, 0.15) is 17.1 Å². The van der Waals surface area contributed by atoms with Crippen LogP contribution in [0.2, 0.25) is 0 Å². The summed E-state index contributed by atoms with van der Waals surface area (Å²) in [4.78, 5) is 55.1. The SMILES string of the molecule is CC(C)(NC(=O)Nc1ccc2c(c1F)CN(C1CCC(=O)NC1=O)C2=O)c1nc2c(C#N)cccc2s1. The standard InChI is InChI=1S/C25H21FN6O4S/c1-25(2,23-30-20-12(10-27)4-3-5-17(20)37-23)31-24(36)28-15-7-6-13-14(19(15)26)11-32(22(13)35)16-8-9-18(33)29-21(16)34/h3-7,16H,8-9,11H2,1-2H3,(H2,28,31,36)(H,29,33,34). The molecule has 2 aromatic carbocycles. The Balaban J connectivity index is 1.32. The molecule has 3 N–H and O–H groups in total. The molecule has 3 aromatic rings. The van der Waals surface area contributed by atoms with Crippen LogP contribution in [-0.4, -0.2) is 39.7 Å². The zero-order chi connectivity index (χ0) is 26.5. The van der Waals surface area contributed by atoms with Gasteiger partial charge in [-0.1, -0.05) is 6.07 Å². The van der Waals surface area contributed by atoms with Gasteiger partial charge in [0, 0.05) is 17.5 Å². The van der Waals surface area contributed by atoms with Gasteiger partial charge in [-0.05, 0) is 44.5 Å². The summed E-state index contributed by atoms with van der Waals surface area (Å²) in [6, 6.07) is 8.52. The molecule has 10 nitrogen and oxygen atoms in total. The fourth-order valence-corrected chi connectivity index (χ4v) is 5.55. The lowest BCUT2D eigenvalue weighted by Gasteiger charge is -2.29. The summed E-state index contributed by atoms with van der Waals surface area (Å²) in [6.07, 6.45) is 0.254. The van der Waals surface area contributed by atoms with Gasteiger partial charge in [0.05, 0.1) is 33.6 Å². The van der Waals surface area contributed by atoms with E-state index in [1.807, 2.05) is 6.07 Å². The molecule has 37 heavy (non-hydrogen) atoms. The molecule has 0 aliphatic carbocycles. The van der Waals surface area contributed by atoms with E-state index in [1.54, 1.807) is 26.0 Å². The molecule has 1 saturated heterocycles. The number of nitrogens with one attached hydrogen (secondary N) is 3. The maximum absolute atomic E-state index is 15.4. The second-order valence-corrected chi connectivity index (χ2v) is 10.4. The number of carbonyl (C=O) groups is 4. The smallest absolute Gasteiger partial charge is 0.320 e. The Morgan fingerprint density at radius 1 is 1.27 bits per heavy atom. The summed E-state index contributed by atoms with van der Waals surface area (Å²) >= 11 is 1.34. The number of para-hydroxylation sites is 1. The van der Waals surface area contributed by atoms with Crippen LogP contribution in [0.25, 0.3) is 10.2 Å². The Hall–Kier alpha value is -4.37. The molecule has 188 valence electrons. The van der Waals surface area contributed by atoms with E-state index < -0.39 is 41.2 Å². The zero-order valence-corrected chi connectivity index (χ0v) is 20.7. The number of benzene rings is 2. The Morgan fingerprint density at radius 2 is 2.05 bits per heavy atom. The van der Waals surface area contributed by atoms with E-state index in [2.05, 4.69) is 27.0 Å². The molecule has 0 radical (unpaired) electrons.